The average molecular weight is 371 g/mol. The van der Waals surface area contributed by atoms with E-state index in [1.807, 2.05) is 31.2 Å². The number of hydrogen-bond donors (Lipinski definition) is 1. The van der Waals surface area contributed by atoms with Gasteiger partial charge in [-0.25, -0.2) is 0 Å². The maximum atomic E-state index is 12.3. The molecule has 0 heterocycles. The van der Waals surface area contributed by atoms with Gasteiger partial charge < -0.3 is 19.5 Å². The second-order valence-electron chi connectivity index (χ2n) is 6.77. The highest BCUT2D eigenvalue weighted by Crippen LogP contribution is 2.28. The highest BCUT2D eigenvalue weighted by molar-refractivity contribution is 5.80. The van der Waals surface area contributed by atoms with Crippen LogP contribution in [0.25, 0.3) is 0 Å². The van der Waals surface area contributed by atoms with Gasteiger partial charge in [-0.15, -0.1) is 0 Å². The molecule has 0 spiro atoms. The van der Waals surface area contributed by atoms with Crippen LogP contribution in [0.15, 0.2) is 42.5 Å². The summed E-state index contributed by atoms with van der Waals surface area (Å²) in [7, 11) is 1.61. The van der Waals surface area contributed by atoms with Crippen LogP contribution >= 0.6 is 0 Å². The van der Waals surface area contributed by atoms with E-state index in [4.69, 9.17) is 14.2 Å². The van der Waals surface area contributed by atoms with Crippen LogP contribution in [-0.4, -0.2) is 32.3 Å². The Labute approximate surface area is 161 Å². The minimum Gasteiger partial charge on any atom is -0.497 e. The van der Waals surface area contributed by atoms with Crippen LogP contribution in [0.1, 0.15) is 37.8 Å². The molecule has 27 heavy (non-hydrogen) atoms. The zero-order valence-electron chi connectivity index (χ0n) is 16.7. The van der Waals surface area contributed by atoms with Crippen LogP contribution in [0.3, 0.4) is 0 Å². The molecular formula is C22H29NO4. The molecule has 0 fully saturated rings. The number of rotatable bonds is 9. The van der Waals surface area contributed by atoms with Crippen LogP contribution in [-0.2, 0) is 4.79 Å². The van der Waals surface area contributed by atoms with E-state index in [1.165, 1.54) is 0 Å². The molecule has 1 amide bonds. The molecule has 2 aromatic carbocycles. The summed E-state index contributed by atoms with van der Waals surface area (Å²) >= 11 is 0. The van der Waals surface area contributed by atoms with Crippen LogP contribution in [0.4, 0.5) is 0 Å². The fourth-order valence-corrected chi connectivity index (χ4v) is 2.64. The Hall–Kier alpha value is -2.69. The maximum absolute atomic E-state index is 12.3. The molecule has 5 heteroatoms. The number of carbonyl (C=O) groups is 1. The average Bonchev–Trinajstić information content (AvgIpc) is 2.65. The summed E-state index contributed by atoms with van der Waals surface area (Å²) in [5.41, 5.74) is 2.20. The molecule has 0 aliphatic rings. The molecule has 1 atom stereocenters. The molecule has 146 valence electrons. The Bertz CT molecular complexity index is 758. The van der Waals surface area contributed by atoms with Crippen LogP contribution in [0, 0.1) is 6.92 Å². The Morgan fingerprint density at radius 2 is 1.81 bits per heavy atom. The smallest absolute Gasteiger partial charge is 0.260 e. The molecule has 2 rings (SSSR count). The number of carbonyl (C=O) groups excluding carboxylic acids is 1. The molecule has 0 unspecified atom stereocenters. The topological polar surface area (TPSA) is 56.8 Å². The molecule has 2 aromatic rings. The van der Waals surface area contributed by atoms with E-state index in [0.29, 0.717) is 24.8 Å². The fourth-order valence-electron chi connectivity index (χ4n) is 2.64. The lowest BCUT2D eigenvalue weighted by Gasteiger charge is -2.19. The molecule has 0 aliphatic carbocycles. The Balaban J connectivity index is 1.83. The predicted octanol–water partition coefficient (Wildman–Crippen LogP) is 4.09. The van der Waals surface area contributed by atoms with Gasteiger partial charge in [0.1, 0.15) is 23.9 Å². The third kappa shape index (κ3) is 6.20. The van der Waals surface area contributed by atoms with E-state index in [0.717, 1.165) is 22.6 Å². The highest BCUT2D eigenvalue weighted by Gasteiger charge is 2.17. The molecule has 5 nitrogen and oxygen atoms in total. The minimum absolute atomic E-state index is 0.166. The number of ether oxygens (including phenoxy) is 3. The Kier molecular flexibility index (Phi) is 7.53. The van der Waals surface area contributed by atoms with E-state index in [-0.39, 0.29) is 5.91 Å². The molecule has 0 bridgehead atoms. The van der Waals surface area contributed by atoms with Gasteiger partial charge in [-0.2, -0.15) is 0 Å². The van der Waals surface area contributed by atoms with Crippen molar-refractivity contribution in [3.63, 3.8) is 0 Å². The zero-order valence-corrected chi connectivity index (χ0v) is 16.7. The summed E-state index contributed by atoms with van der Waals surface area (Å²) < 4.78 is 16.7. The number of amides is 1. The van der Waals surface area contributed by atoms with Gasteiger partial charge >= 0.3 is 0 Å². The summed E-state index contributed by atoms with van der Waals surface area (Å²) in [6.45, 7) is 8.75. The zero-order chi connectivity index (χ0) is 19.8. The lowest BCUT2D eigenvalue weighted by Crippen LogP contribution is -2.38. The Morgan fingerprint density at radius 1 is 1.07 bits per heavy atom. The molecule has 0 saturated carbocycles. The van der Waals surface area contributed by atoms with Gasteiger partial charge in [-0.05, 0) is 49.1 Å². The van der Waals surface area contributed by atoms with E-state index in [2.05, 4.69) is 31.3 Å². The minimum atomic E-state index is -0.582. The quantitative estimate of drug-likeness (QED) is 0.675. The van der Waals surface area contributed by atoms with Crippen LogP contribution in [0.5, 0.6) is 17.2 Å². The van der Waals surface area contributed by atoms with Gasteiger partial charge in [-0.3, -0.25) is 4.79 Å². The largest absolute Gasteiger partial charge is 0.497 e. The lowest BCUT2D eigenvalue weighted by molar-refractivity contribution is -0.127. The first kappa shape index (κ1) is 20.6. The first-order chi connectivity index (χ1) is 12.9. The summed E-state index contributed by atoms with van der Waals surface area (Å²) in [4.78, 5) is 12.3. The first-order valence-electron chi connectivity index (χ1n) is 9.22. The van der Waals surface area contributed by atoms with Gasteiger partial charge in [0.15, 0.2) is 6.10 Å². The fraction of sp³-hybridized carbons (Fsp3) is 0.409. The van der Waals surface area contributed by atoms with E-state index in [1.54, 1.807) is 20.1 Å². The number of benzene rings is 2. The third-order valence-electron chi connectivity index (χ3n) is 4.18. The monoisotopic (exact) mass is 371 g/mol. The molecule has 1 N–H and O–H groups in total. The van der Waals surface area contributed by atoms with Crippen LogP contribution < -0.4 is 19.5 Å². The van der Waals surface area contributed by atoms with Gasteiger partial charge in [0, 0.05) is 6.07 Å². The van der Waals surface area contributed by atoms with Crippen LogP contribution in [0.2, 0.25) is 0 Å². The second-order valence-corrected chi connectivity index (χ2v) is 6.77. The van der Waals surface area contributed by atoms with E-state index in [9.17, 15) is 4.79 Å². The molecule has 0 saturated heterocycles. The highest BCUT2D eigenvalue weighted by atomic mass is 16.5. The van der Waals surface area contributed by atoms with Gasteiger partial charge in [-0.1, -0.05) is 32.0 Å². The molecular weight excluding hydrogens is 342 g/mol. The standard InChI is InChI=1S/C22H29NO4/c1-15(2)20-10-9-16(3)13-21(20)27-17(4)22(24)23-11-12-26-19-8-6-7-18(14-19)25-5/h6-10,13-15,17H,11-12H2,1-5H3,(H,23,24)/t17-/m1/s1. The summed E-state index contributed by atoms with van der Waals surface area (Å²) in [5, 5.41) is 2.84. The number of methoxy groups -OCH3 is 1. The van der Waals surface area contributed by atoms with Crippen molar-refractivity contribution in [2.75, 3.05) is 20.3 Å². The number of nitrogens with one attached hydrogen (secondary N) is 1. The van der Waals surface area contributed by atoms with Crippen molar-refractivity contribution >= 4 is 5.91 Å². The Morgan fingerprint density at radius 3 is 2.52 bits per heavy atom. The maximum Gasteiger partial charge on any atom is 0.260 e. The molecule has 0 aliphatic heterocycles. The van der Waals surface area contributed by atoms with Crippen molar-refractivity contribution in [1.29, 1.82) is 0 Å². The third-order valence-corrected chi connectivity index (χ3v) is 4.18. The van der Waals surface area contributed by atoms with Gasteiger partial charge in [0.05, 0.1) is 13.7 Å². The second kappa shape index (κ2) is 9.86. The number of hydrogen-bond acceptors (Lipinski definition) is 4. The molecule has 0 radical (unpaired) electrons. The van der Waals surface area contributed by atoms with Crippen molar-refractivity contribution in [2.45, 2.75) is 39.7 Å². The predicted molar refractivity (Wildman–Crippen MR) is 107 cm³/mol. The molecule has 0 aromatic heterocycles. The first-order valence-corrected chi connectivity index (χ1v) is 9.22. The summed E-state index contributed by atoms with van der Waals surface area (Å²) in [6, 6.07) is 13.5. The van der Waals surface area contributed by atoms with E-state index >= 15 is 0 Å². The normalized spacial score (nSPS) is 11.8. The van der Waals surface area contributed by atoms with Crippen molar-refractivity contribution in [2.24, 2.45) is 0 Å². The van der Waals surface area contributed by atoms with E-state index < -0.39 is 6.10 Å². The lowest BCUT2D eigenvalue weighted by atomic mass is 10.0. The summed E-state index contributed by atoms with van der Waals surface area (Å²) in [5.74, 6) is 2.36. The number of aryl methyl sites for hydroxylation is 1. The SMILES string of the molecule is COc1cccc(OCCNC(=O)[C@@H](C)Oc2cc(C)ccc2C(C)C)c1. The van der Waals surface area contributed by atoms with Gasteiger partial charge in [0.2, 0.25) is 0 Å². The van der Waals surface area contributed by atoms with Crippen molar-refractivity contribution in [3.05, 3.63) is 53.6 Å². The van der Waals surface area contributed by atoms with Crippen molar-refractivity contribution in [1.82, 2.24) is 5.32 Å². The van der Waals surface area contributed by atoms with Gasteiger partial charge in [0.25, 0.3) is 5.91 Å². The summed E-state index contributed by atoms with van der Waals surface area (Å²) in [6.07, 6.45) is -0.582. The van der Waals surface area contributed by atoms with Crippen molar-refractivity contribution in [3.8, 4) is 17.2 Å². The van der Waals surface area contributed by atoms with Crippen molar-refractivity contribution < 1.29 is 19.0 Å².